The Morgan fingerprint density at radius 2 is 1.50 bits per heavy atom. The van der Waals surface area contributed by atoms with E-state index in [1.54, 1.807) is 42.5 Å². The molecule has 4 nitrogen and oxygen atoms in total. The summed E-state index contributed by atoms with van der Waals surface area (Å²) < 4.78 is 4.93. The lowest BCUT2D eigenvalue weighted by atomic mass is 10.1. The first kappa shape index (κ1) is 13.7. The lowest BCUT2D eigenvalue weighted by Gasteiger charge is -2.01. The molecule has 0 aliphatic rings. The Bertz CT molecular complexity index is 622. The fourth-order valence-electron chi connectivity index (χ4n) is 1.72. The molecule has 0 heterocycles. The topological polar surface area (TPSA) is 66.8 Å². The van der Waals surface area contributed by atoms with Gasteiger partial charge in [-0.05, 0) is 35.4 Å². The summed E-state index contributed by atoms with van der Waals surface area (Å²) >= 11 is 0. The molecular weight excluding hydrogens is 256 g/mol. The zero-order valence-electron chi connectivity index (χ0n) is 10.9. The minimum atomic E-state index is -0.358. The molecule has 0 saturated heterocycles. The summed E-state index contributed by atoms with van der Waals surface area (Å²) in [5.41, 5.74) is 1.59. The number of phenols is 2. The highest BCUT2D eigenvalue weighted by atomic mass is 16.5. The molecule has 0 fully saturated rings. The maximum absolute atomic E-state index is 10.8. The first-order valence-electron chi connectivity index (χ1n) is 6.02. The van der Waals surface area contributed by atoms with E-state index in [2.05, 4.69) is 0 Å². The summed E-state index contributed by atoms with van der Waals surface area (Å²) in [4.78, 5) is 10.8. The molecule has 0 radical (unpaired) electrons. The Hall–Kier alpha value is -2.75. The number of aromatic hydroxyl groups is 2. The van der Waals surface area contributed by atoms with Crippen molar-refractivity contribution in [3.05, 3.63) is 53.6 Å². The van der Waals surface area contributed by atoms with Gasteiger partial charge in [-0.1, -0.05) is 24.3 Å². The van der Waals surface area contributed by atoms with E-state index >= 15 is 0 Å². The number of carbonyl (C=O) groups excluding carboxylic acids is 1. The molecule has 0 aliphatic heterocycles. The molecule has 2 aromatic carbocycles. The predicted octanol–water partition coefficient (Wildman–Crippen LogP) is 3.19. The number of esters is 1. The van der Waals surface area contributed by atoms with Crippen molar-refractivity contribution in [3.63, 3.8) is 0 Å². The van der Waals surface area contributed by atoms with E-state index in [0.717, 1.165) is 5.56 Å². The van der Waals surface area contributed by atoms with Crippen molar-refractivity contribution in [2.75, 3.05) is 0 Å². The van der Waals surface area contributed by atoms with Crippen molar-refractivity contribution in [1.29, 1.82) is 0 Å². The normalized spacial score (nSPS) is 10.7. The highest BCUT2D eigenvalue weighted by molar-refractivity contribution is 5.72. The second-order valence-corrected chi connectivity index (χ2v) is 4.28. The molecule has 0 bridgehead atoms. The van der Waals surface area contributed by atoms with Crippen LogP contribution in [0.15, 0.2) is 42.5 Å². The van der Waals surface area contributed by atoms with Gasteiger partial charge in [-0.15, -0.1) is 0 Å². The molecule has 2 aromatic rings. The monoisotopic (exact) mass is 270 g/mol. The number of rotatable bonds is 3. The maximum Gasteiger partial charge on any atom is 0.308 e. The second kappa shape index (κ2) is 5.93. The SMILES string of the molecule is CC(=O)Oc1ccc(C=Cc2cc(O)cc(O)c2)cc1. The zero-order chi connectivity index (χ0) is 14.5. The third-order valence-corrected chi connectivity index (χ3v) is 2.53. The van der Waals surface area contributed by atoms with E-state index in [9.17, 15) is 15.0 Å². The van der Waals surface area contributed by atoms with Gasteiger partial charge in [-0.3, -0.25) is 4.79 Å². The Balaban J connectivity index is 2.12. The lowest BCUT2D eigenvalue weighted by Crippen LogP contribution is -2.00. The molecule has 4 heteroatoms. The molecule has 2 N–H and O–H groups in total. The van der Waals surface area contributed by atoms with Crippen LogP contribution in [0.1, 0.15) is 18.1 Å². The number of ether oxygens (including phenoxy) is 1. The number of hydrogen-bond acceptors (Lipinski definition) is 4. The molecule has 102 valence electrons. The van der Waals surface area contributed by atoms with Crippen LogP contribution in [0.3, 0.4) is 0 Å². The molecule has 20 heavy (non-hydrogen) atoms. The van der Waals surface area contributed by atoms with E-state index in [-0.39, 0.29) is 17.5 Å². The average molecular weight is 270 g/mol. The van der Waals surface area contributed by atoms with Gasteiger partial charge in [0.15, 0.2) is 0 Å². The zero-order valence-corrected chi connectivity index (χ0v) is 10.9. The van der Waals surface area contributed by atoms with Gasteiger partial charge in [0.25, 0.3) is 0 Å². The average Bonchev–Trinajstić information content (AvgIpc) is 2.36. The highest BCUT2D eigenvalue weighted by Gasteiger charge is 1.98. The minimum absolute atomic E-state index is 0.00913. The van der Waals surface area contributed by atoms with Crippen LogP contribution in [0.4, 0.5) is 0 Å². The molecule has 0 atom stereocenters. The van der Waals surface area contributed by atoms with Crippen LogP contribution in [0.2, 0.25) is 0 Å². The van der Waals surface area contributed by atoms with E-state index < -0.39 is 0 Å². The number of benzene rings is 2. The van der Waals surface area contributed by atoms with Crippen LogP contribution < -0.4 is 4.74 Å². The van der Waals surface area contributed by atoms with Crippen molar-refractivity contribution in [3.8, 4) is 17.2 Å². The summed E-state index contributed by atoms with van der Waals surface area (Å²) in [6.45, 7) is 1.35. The number of hydrogen-bond donors (Lipinski definition) is 2. The van der Waals surface area contributed by atoms with Crippen LogP contribution in [-0.4, -0.2) is 16.2 Å². The van der Waals surface area contributed by atoms with Crippen LogP contribution in [0.5, 0.6) is 17.2 Å². The molecule has 2 rings (SSSR count). The summed E-state index contributed by atoms with van der Waals surface area (Å²) in [6.07, 6.45) is 3.59. The van der Waals surface area contributed by atoms with Crippen molar-refractivity contribution in [1.82, 2.24) is 0 Å². The molecule has 0 unspecified atom stereocenters. The van der Waals surface area contributed by atoms with Crippen molar-refractivity contribution < 1.29 is 19.7 Å². The van der Waals surface area contributed by atoms with Gasteiger partial charge in [0.05, 0.1) is 0 Å². The standard InChI is InChI=1S/C16H14O4/c1-11(17)20-16-6-4-12(5-7-16)2-3-13-8-14(18)10-15(19)9-13/h2-10,18-19H,1H3. The molecule has 0 aliphatic carbocycles. The third kappa shape index (κ3) is 3.88. The third-order valence-electron chi connectivity index (χ3n) is 2.53. The van der Waals surface area contributed by atoms with Crippen LogP contribution in [-0.2, 0) is 4.79 Å². The van der Waals surface area contributed by atoms with Gasteiger partial charge in [-0.2, -0.15) is 0 Å². The van der Waals surface area contributed by atoms with Crippen LogP contribution >= 0.6 is 0 Å². The van der Waals surface area contributed by atoms with E-state index in [1.165, 1.54) is 13.0 Å². The first-order valence-corrected chi connectivity index (χ1v) is 6.02. The van der Waals surface area contributed by atoms with Crippen molar-refractivity contribution >= 4 is 18.1 Å². The number of phenolic OH excluding ortho intramolecular Hbond substituents is 2. The van der Waals surface area contributed by atoms with Gasteiger partial charge in [0, 0.05) is 13.0 Å². The summed E-state index contributed by atoms with van der Waals surface area (Å²) in [5, 5.41) is 18.7. The quantitative estimate of drug-likeness (QED) is 0.510. The maximum atomic E-state index is 10.8. The fourth-order valence-corrected chi connectivity index (χ4v) is 1.72. The van der Waals surface area contributed by atoms with E-state index in [4.69, 9.17) is 4.74 Å². The van der Waals surface area contributed by atoms with Gasteiger partial charge in [0.2, 0.25) is 0 Å². The highest BCUT2D eigenvalue weighted by Crippen LogP contribution is 2.22. The van der Waals surface area contributed by atoms with Crippen molar-refractivity contribution in [2.24, 2.45) is 0 Å². The van der Waals surface area contributed by atoms with Crippen LogP contribution in [0.25, 0.3) is 12.2 Å². The van der Waals surface area contributed by atoms with E-state index in [1.807, 2.05) is 6.08 Å². The fraction of sp³-hybridized carbons (Fsp3) is 0.0625. The van der Waals surface area contributed by atoms with Crippen molar-refractivity contribution in [2.45, 2.75) is 6.92 Å². The molecular formula is C16H14O4. The first-order chi connectivity index (χ1) is 9.52. The Kier molecular flexibility index (Phi) is 4.05. The molecule has 0 aromatic heterocycles. The predicted molar refractivity (Wildman–Crippen MR) is 76.5 cm³/mol. The smallest absolute Gasteiger partial charge is 0.308 e. The van der Waals surface area contributed by atoms with Crippen LogP contribution in [0, 0.1) is 0 Å². The molecule has 0 saturated carbocycles. The van der Waals surface area contributed by atoms with Gasteiger partial charge >= 0.3 is 5.97 Å². The second-order valence-electron chi connectivity index (χ2n) is 4.28. The van der Waals surface area contributed by atoms with Gasteiger partial charge in [0.1, 0.15) is 17.2 Å². The summed E-state index contributed by atoms with van der Waals surface area (Å²) in [6, 6.07) is 11.4. The van der Waals surface area contributed by atoms with Gasteiger partial charge < -0.3 is 14.9 Å². The van der Waals surface area contributed by atoms with E-state index in [0.29, 0.717) is 11.3 Å². The Morgan fingerprint density at radius 3 is 2.05 bits per heavy atom. The largest absolute Gasteiger partial charge is 0.508 e. The minimum Gasteiger partial charge on any atom is -0.508 e. The van der Waals surface area contributed by atoms with Gasteiger partial charge in [-0.25, -0.2) is 0 Å². The molecule has 0 amide bonds. The number of carbonyl (C=O) groups is 1. The molecule has 0 spiro atoms. The Morgan fingerprint density at radius 1 is 0.950 bits per heavy atom. The summed E-state index contributed by atoms with van der Waals surface area (Å²) in [7, 11) is 0. The summed E-state index contributed by atoms with van der Waals surface area (Å²) in [5.74, 6) is 0.151. The Labute approximate surface area is 116 Å². The lowest BCUT2D eigenvalue weighted by molar-refractivity contribution is -0.131.